The van der Waals surface area contributed by atoms with Gasteiger partial charge in [-0.15, -0.1) is 0 Å². The smallest absolute Gasteiger partial charge is 0.238 e. The fourth-order valence-corrected chi connectivity index (χ4v) is 3.45. The van der Waals surface area contributed by atoms with Crippen LogP contribution in [0.4, 0.5) is 5.69 Å². The summed E-state index contributed by atoms with van der Waals surface area (Å²) in [4.78, 5) is 30.2. The quantitative estimate of drug-likeness (QED) is 0.654. The predicted molar refractivity (Wildman–Crippen MR) is 109 cm³/mol. The number of rotatable bonds is 6. The van der Waals surface area contributed by atoms with Gasteiger partial charge in [-0.2, -0.15) is 0 Å². The number of carbonyl (C=O) groups is 2. The molecule has 5 heteroatoms. The lowest BCUT2D eigenvalue weighted by Gasteiger charge is -2.17. The Morgan fingerprint density at radius 3 is 2.33 bits per heavy atom. The molecule has 27 heavy (non-hydrogen) atoms. The van der Waals surface area contributed by atoms with Crippen molar-refractivity contribution in [3.05, 3.63) is 64.8 Å². The van der Waals surface area contributed by atoms with Crippen molar-refractivity contribution in [2.45, 2.75) is 20.8 Å². The number of aromatic nitrogens is 1. The molecule has 3 aromatic rings. The molecule has 0 radical (unpaired) electrons. The zero-order valence-electron chi connectivity index (χ0n) is 16.2. The molecule has 0 aliphatic carbocycles. The number of carbonyl (C=O) groups excluding carboxylic acids is 2. The van der Waals surface area contributed by atoms with Gasteiger partial charge in [0.05, 0.1) is 13.1 Å². The summed E-state index contributed by atoms with van der Waals surface area (Å²) in [6.45, 7) is 6.18. The number of aromatic amines is 1. The van der Waals surface area contributed by atoms with Crippen LogP contribution in [0.3, 0.4) is 0 Å². The van der Waals surface area contributed by atoms with E-state index in [2.05, 4.69) is 10.3 Å². The molecule has 0 spiro atoms. The van der Waals surface area contributed by atoms with E-state index < -0.39 is 0 Å². The second kappa shape index (κ2) is 7.76. The molecule has 2 aromatic carbocycles. The molecule has 5 nitrogen and oxygen atoms in total. The summed E-state index contributed by atoms with van der Waals surface area (Å²) in [5.74, 6) is -0.120. The summed E-state index contributed by atoms with van der Waals surface area (Å²) in [6, 6.07) is 13.7. The Morgan fingerprint density at radius 1 is 0.963 bits per heavy atom. The average molecular weight is 363 g/mol. The van der Waals surface area contributed by atoms with Crippen LogP contribution in [0.25, 0.3) is 10.9 Å². The molecule has 140 valence electrons. The number of para-hydroxylation sites is 2. The Hall–Kier alpha value is -2.92. The van der Waals surface area contributed by atoms with E-state index in [1.807, 2.05) is 63.2 Å². The van der Waals surface area contributed by atoms with E-state index in [4.69, 9.17) is 0 Å². The Kier molecular flexibility index (Phi) is 5.42. The summed E-state index contributed by atoms with van der Waals surface area (Å²) in [5, 5.41) is 3.88. The first-order chi connectivity index (χ1) is 12.9. The molecule has 0 unspecified atom stereocenters. The van der Waals surface area contributed by atoms with E-state index in [0.29, 0.717) is 5.56 Å². The third-order valence-electron chi connectivity index (χ3n) is 4.75. The Bertz CT molecular complexity index is 984. The standard InChI is InChI=1S/C22H25N3O2/c1-14-8-7-9-15(2)22(14)24-20(27)13-25(4)12-19(26)21-16(3)23-18-11-6-5-10-17(18)21/h5-11,23H,12-13H2,1-4H3,(H,24,27). The van der Waals surface area contributed by atoms with Crippen LogP contribution in [0.15, 0.2) is 42.5 Å². The minimum absolute atomic E-state index is 0.00678. The number of H-pyrrole nitrogens is 1. The molecule has 0 saturated carbocycles. The van der Waals surface area contributed by atoms with Gasteiger partial charge in [0.1, 0.15) is 0 Å². The minimum atomic E-state index is -0.127. The van der Waals surface area contributed by atoms with Gasteiger partial charge < -0.3 is 10.3 Å². The number of nitrogens with one attached hydrogen (secondary N) is 2. The summed E-state index contributed by atoms with van der Waals surface area (Å²) < 4.78 is 0. The Labute approximate surface area is 159 Å². The van der Waals surface area contributed by atoms with E-state index >= 15 is 0 Å². The number of ketones is 1. The monoisotopic (exact) mass is 363 g/mol. The summed E-state index contributed by atoms with van der Waals surface area (Å²) in [6.07, 6.45) is 0. The van der Waals surface area contributed by atoms with Crippen molar-refractivity contribution in [2.24, 2.45) is 0 Å². The fraction of sp³-hybridized carbons (Fsp3) is 0.273. The van der Waals surface area contributed by atoms with Gasteiger partial charge in [-0.3, -0.25) is 14.5 Å². The summed E-state index contributed by atoms with van der Waals surface area (Å²) in [5.41, 5.74) is 5.40. The van der Waals surface area contributed by atoms with Gasteiger partial charge in [-0.1, -0.05) is 36.4 Å². The second-order valence-corrected chi connectivity index (χ2v) is 7.08. The van der Waals surface area contributed by atoms with Gasteiger partial charge in [-0.05, 0) is 45.0 Å². The maximum absolute atomic E-state index is 12.8. The molecule has 0 aliphatic rings. The van der Waals surface area contributed by atoms with Crippen molar-refractivity contribution in [3.63, 3.8) is 0 Å². The number of fused-ring (bicyclic) bond motifs is 1. The number of amides is 1. The van der Waals surface area contributed by atoms with Crippen LogP contribution in [0.1, 0.15) is 27.2 Å². The van der Waals surface area contributed by atoms with Gasteiger partial charge >= 0.3 is 0 Å². The van der Waals surface area contributed by atoms with E-state index in [1.165, 1.54) is 0 Å². The maximum Gasteiger partial charge on any atom is 0.238 e. The largest absolute Gasteiger partial charge is 0.358 e. The molecule has 0 bridgehead atoms. The molecule has 3 rings (SSSR count). The molecule has 0 fully saturated rings. The van der Waals surface area contributed by atoms with Crippen molar-refractivity contribution in [1.29, 1.82) is 0 Å². The van der Waals surface area contributed by atoms with Crippen LogP contribution in [0, 0.1) is 20.8 Å². The van der Waals surface area contributed by atoms with Gasteiger partial charge in [0.15, 0.2) is 5.78 Å². The number of likely N-dealkylation sites (N-methyl/N-ethyl adjacent to an activating group) is 1. The van der Waals surface area contributed by atoms with Crippen molar-refractivity contribution in [2.75, 3.05) is 25.5 Å². The third-order valence-corrected chi connectivity index (χ3v) is 4.75. The highest BCUT2D eigenvalue weighted by atomic mass is 16.2. The SMILES string of the molecule is Cc1cccc(C)c1NC(=O)CN(C)CC(=O)c1c(C)[nH]c2ccccc12. The average Bonchev–Trinajstić information content (AvgIpc) is 2.93. The van der Waals surface area contributed by atoms with Crippen LogP contribution < -0.4 is 5.32 Å². The molecule has 0 atom stereocenters. The minimum Gasteiger partial charge on any atom is -0.358 e. The van der Waals surface area contributed by atoms with Crippen LogP contribution in [0.5, 0.6) is 0 Å². The van der Waals surface area contributed by atoms with Gasteiger partial charge in [-0.25, -0.2) is 0 Å². The van der Waals surface area contributed by atoms with Crippen molar-refractivity contribution in [3.8, 4) is 0 Å². The van der Waals surface area contributed by atoms with Crippen LogP contribution in [0.2, 0.25) is 0 Å². The zero-order valence-corrected chi connectivity index (χ0v) is 16.2. The Balaban J connectivity index is 1.66. The number of benzene rings is 2. The first-order valence-electron chi connectivity index (χ1n) is 9.02. The van der Waals surface area contributed by atoms with Gasteiger partial charge in [0, 0.05) is 27.8 Å². The number of hydrogen-bond donors (Lipinski definition) is 2. The normalized spacial score (nSPS) is 11.1. The Morgan fingerprint density at radius 2 is 1.63 bits per heavy atom. The third kappa shape index (κ3) is 4.09. The van der Waals surface area contributed by atoms with E-state index in [-0.39, 0.29) is 24.8 Å². The lowest BCUT2D eigenvalue weighted by Crippen LogP contribution is -2.34. The molecule has 0 aliphatic heterocycles. The summed E-state index contributed by atoms with van der Waals surface area (Å²) >= 11 is 0. The van der Waals surface area contributed by atoms with E-state index in [1.54, 1.807) is 11.9 Å². The van der Waals surface area contributed by atoms with E-state index in [0.717, 1.165) is 33.4 Å². The summed E-state index contributed by atoms with van der Waals surface area (Å²) in [7, 11) is 1.78. The molecular weight excluding hydrogens is 338 g/mol. The highest BCUT2D eigenvalue weighted by Gasteiger charge is 2.18. The number of nitrogens with zero attached hydrogens (tertiary/aromatic N) is 1. The highest BCUT2D eigenvalue weighted by Crippen LogP contribution is 2.22. The molecule has 0 saturated heterocycles. The zero-order chi connectivity index (χ0) is 19.6. The lowest BCUT2D eigenvalue weighted by atomic mass is 10.1. The second-order valence-electron chi connectivity index (χ2n) is 7.08. The van der Waals surface area contributed by atoms with Crippen molar-refractivity contribution >= 4 is 28.3 Å². The van der Waals surface area contributed by atoms with Crippen LogP contribution in [-0.2, 0) is 4.79 Å². The molecule has 1 amide bonds. The van der Waals surface area contributed by atoms with E-state index in [9.17, 15) is 9.59 Å². The predicted octanol–water partition coefficient (Wildman–Crippen LogP) is 3.85. The number of Topliss-reactive ketones (excluding diaryl/α,β-unsaturated/α-hetero) is 1. The van der Waals surface area contributed by atoms with Crippen molar-refractivity contribution in [1.82, 2.24) is 9.88 Å². The lowest BCUT2D eigenvalue weighted by molar-refractivity contribution is -0.116. The number of aryl methyl sites for hydroxylation is 3. The van der Waals surface area contributed by atoms with Crippen LogP contribution in [-0.4, -0.2) is 41.7 Å². The topological polar surface area (TPSA) is 65.2 Å². The molecule has 2 N–H and O–H groups in total. The maximum atomic E-state index is 12.8. The fourth-order valence-electron chi connectivity index (χ4n) is 3.45. The van der Waals surface area contributed by atoms with Gasteiger partial charge in [0.2, 0.25) is 5.91 Å². The molecule has 1 heterocycles. The molecule has 1 aromatic heterocycles. The van der Waals surface area contributed by atoms with Crippen molar-refractivity contribution < 1.29 is 9.59 Å². The first-order valence-corrected chi connectivity index (χ1v) is 9.02. The first kappa shape index (κ1) is 18.9. The van der Waals surface area contributed by atoms with Gasteiger partial charge in [0.25, 0.3) is 0 Å². The van der Waals surface area contributed by atoms with Crippen LogP contribution >= 0.6 is 0 Å². The number of anilines is 1. The highest BCUT2D eigenvalue weighted by molar-refractivity contribution is 6.10. The molecular formula is C22H25N3O2. The number of hydrogen-bond acceptors (Lipinski definition) is 3.